The number of phenolic OH excluding ortho intramolecular Hbond substituents is 1. The molecule has 0 aromatic heterocycles. The Labute approximate surface area is 203 Å². The lowest BCUT2D eigenvalue weighted by Crippen LogP contribution is -2.27. The fraction of sp³-hybridized carbons (Fsp3) is 0.241. The Morgan fingerprint density at radius 1 is 0.886 bits per heavy atom. The summed E-state index contributed by atoms with van der Waals surface area (Å²) < 4.78 is 40.4. The number of benzene rings is 4. The standard InChI is InChI=1S/C29H27F2NO3/c1-3-32(4-2)13-14-34-21-9-5-18(6-10-21)29-28-22-12-8-20(33)15-19(22)7-11-23(28)24-16-25(30)26(31)17-27(24)35-29/h5-12,15-17,29,33H,3-4,13-14H2,1-2H3. The Hall–Kier alpha value is -3.64. The van der Waals surface area contributed by atoms with Crippen LogP contribution in [0.25, 0.3) is 21.9 Å². The summed E-state index contributed by atoms with van der Waals surface area (Å²) in [5, 5.41) is 11.7. The van der Waals surface area contributed by atoms with Crippen LogP contribution in [0.4, 0.5) is 8.78 Å². The fourth-order valence-electron chi connectivity index (χ4n) is 4.69. The second-order valence-corrected chi connectivity index (χ2v) is 8.64. The number of halogens is 2. The Bertz CT molecular complexity index is 1370. The van der Waals surface area contributed by atoms with Gasteiger partial charge in [-0.15, -0.1) is 0 Å². The van der Waals surface area contributed by atoms with Crippen LogP contribution in [0.5, 0.6) is 17.2 Å². The van der Waals surface area contributed by atoms with E-state index in [4.69, 9.17) is 9.47 Å². The highest BCUT2D eigenvalue weighted by Crippen LogP contribution is 2.48. The summed E-state index contributed by atoms with van der Waals surface area (Å²) >= 11 is 0. The van der Waals surface area contributed by atoms with Crippen molar-refractivity contribution >= 4 is 10.8 Å². The molecular weight excluding hydrogens is 448 g/mol. The molecule has 5 rings (SSSR count). The topological polar surface area (TPSA) is 41.9 Å². The molecule has 1 heterocycles. The largest absolute Gasteiger partial charge is 0.508 e. The minimum atomic E-state index is -0.950. The van der Waals surface area contributed by atoms with Crippen molar-refractivity contribution in [3.63, 3.8) is 0 Å². The van der Waals surface area contributed by atoms with E-state index >= 15 is 0 Å². The maximum absolute atomic E-state index is 14.1. The maximum Gasteiger partial charge on any atom is 0.162 e. The third-order valence-electron chi connectivity index (χ3n) is 6.62. The van der Waals surface area contributed by atoms with Gasteiger partial charge in [0.1, 0.15) is 23.9 Å². The first-order valence-corrected chi connectivity index (χ1v) is 11.8. The molecule has 0 saturated heterocycles. The quantitative estimate of drug-likeness (QED) is 0.323. The molecule has 0 radical (unpaired) electrons. The normalized spacial score (nSPS) is 14.5. The molecule has 0 saturated carbocycles. The van der Waals surface area contributed by atoms with Gasteiger partial charge in [0.05, 0.1) is 0 Å². The van der Waals surface area contributed by atoms with Crippen molar-refractivity contribution < 1.29 is 23.4 Å². The monoisotopic (exact) mass is 475 g/mol. The van der Waals surface area contributed by atoms with E-state index in [0.29, 0.717) is 17.9 Å². The zero-order valence-electron chi connectivity index (χ0n) is 19.7. The highest BCUT2D eigenvalue weighted by atomic mass is 19.2. The highest BCUT2D eigenvalue weighted by molar-refractivity contribution is 5.95. The van der Waals surface area contributed by atoms with Gasteiger partial charge in [0, 0.05) is 23.7 Å². The number of hydrogen-bond donors (Lipinski definition) is 1. The van der Waals surface area contributed by atoms with Gasteiger partial charge in [-0.25, -0.2) is 8.78 Å². The number of hydrogen-bond acceptors (Lipinski definition) is 4. The Balaban J connectivity index is 1.53. The van der Waals surface area contributed by atoms with Crippen molar-refractivity contribution in [3.05, 3.63) is 89.5 Å². The van der Waals surface area contributed by atoms with Gasteiger partial charge in [-0.3, -0.25) is 0 Å². The number of nitrogens with zero attached hydrogens (tertiary/aromatic N) is 1. The summed E-state index contributed by atoms with van der Waals surface area (Å²) in [4.78, 5) is 2.30. The lowest BCUT2D eigenvalue weighted by atomic mass is 9.86. The van der Waals surface area contributed by atoms with Crippen molar-refractivity contribution in [1.82, 2.24) is 4.90 Å². The van der Waals surface area contributed by atoms with Gasteiger partial charge in [-0.2, -0.15) is 0 Å². The molecule has 0 fully saturated rings. The molecule has 0 spiro atoms. The van der Waals surface area contributed by atoms with Crippen LogP contribution >= 0.6 is 0 Å². The third kappa shape index (κ3) is 4.42. The summed E-state index contributed by atoms with van der Waals surface area (Å²) in [7, 11) is 0. The Morgan fingerprint density at radius 2 is 1.63 bits per heavy atom. The molecule has 0 amide bonds. The minimum Gasteiger partial charge on any atom is -0.508 e. The highest BCUT2D eigenvalue weighted by Gasteiger charge is 2.30. The van der Waals surface area contributed by atoms with Crippen LogP contribution in [0.1, 0.15) is 31.1 Å². The van der Waals surface area contributed by atoms with Crippen LogP contribution in [0.15, 0.2) is 66.7 Å². The fourth-order valence-corrected chi connectivity index (χ4v) is 4.69. The van der Waals surface area contributed by atoms with E-state index < -0.39 is 17.7 Å². The predicted molar refractivity (Wildman–Crippen MR) is 133 cm³/mol. The predicted octanol–water partition coefficient (Wildman–Crippen LogP) is 6.69. The van der Waals surface area contributed by atoms with Crippen molar-refractivity contribution in [1.29, 1.82) is 0 Å². The van der Waals surface area contributed by atoms with Gasteiger partial charge in [0.15, 0.2) is 17.7 Å². The minimum absolute atomic E-state index is 0.158. The summed E-state index contributed by atoms with van der Waals surface area (Å²) in [6.07, 6.45) is -0.541. The van der Waals surface area contributed by atoms with Gasteiger partial charge in [0.2, 0.25) is 0 Å². The van der Waals surface area contributed by atoms with E-state index in [9.17, 15) is 13.9 Å². The molecule has 180 valence electrons. The molecule has 6 heteroatoms. The maximum atomic E-state index is 14.1. The van der Waals surface area contributed by atoms with Gasteiger partial charge in [-0.1, -0.05) is 44.2 Å². The van der Waals surface area contributed by atoms with E-state index in [-0.39, 0.29) is 5.75 Å². The van der Waals surface area contributed by atoms with Crippen molar-refractivity contribution in [3.8, 4) is 28.4 Å². The summed E-state index contributed by atoms with van der Waals surface area (Å²) in [6.45, 7) is 7.67. The van der Waals surface area contributed by atoms with E-state index in [1.165, 1.54) is 6.07 Å². The van der Waals surface area contributed by atoms with Gasteiger partial charge >= 0.3 is 0 Å². The molecule has 4 nitrogen and oxygen atoms in total. The number of aromatic hydroxyl groups is 1. The van der Waals surface area contributed by atoms with Crippen molar-refractivity contribution in [2.75, 3.05) is 26.2 Å². The van der Waals surface area contributed by atoms with E-state index in [1.807, 2.05) is 42.5 Å². The van der Waals surface area contributed by atoms with Crippen LogP contribution in [-0.2, 0) is 0 Å². The van der Waals surface area contributed by atoms with E-state index in [2.05, 4.69) is 18.7 Å². The van der Waals surface area contributed by atoms with Crippen LogP contribution in [0, 0.1) is 11.6 Å². The molecule has 1 atom stereocenters. The molecular formula is C29H27F2NO3. The molecule has 1 unspecified atom stereocenters. The Morgan fingerprint density at radius 3 is 2.37 bits per heavy atom. The Kier molecular flexibility index (Phi) is 6.31. The zero-order chi connectivity index (χ0) is 24.5. The lowest BCUT2D eigenvalue weighted by molar-refractivity contribution is 0.222. The van der Waals surface area contributed by atoms with Gasteiger partial charge in [-0.05, 0) is 65.3 Å². The van der Waals surface area contributed by atoms with Crippen LogP contribution in [0.3, 0.4) is 0 Å². The number of ether oxygens (including phenoxy) is 2. The lowest BCUT2D eigenvalue weighted by Gasteiger charge is -2.30. The summed E-state index contributed by atoms with van der Waals surface area (Å²) in [5.74, 6) is -0.666. The first kappa shape index (κ1) is 23.1. The van der Waals surface area contributed by atoms with Crippen molar-refractivity contribution in [2.24, 2.45) is 0 Å². The summed E-state index contributed by atoms with van der Waals surface area (Å²) in [6, 6.07) is 18.8. The number of fused-ring (bicyclic) bond motifs is 5. The van der Waals surface area contributed by atoms with E-state index in [0.717, 1.165) is 58.9 Å². The van der Waals surface area contributed by atoms with Crippen LogP contribution < -0.4 is 9.47 Å². The molecule has 4 aromatic carbocycles. The molecule has 4 aromatic rings. The van der Waals surface area contributed by atoms with Gasteiger partial charge < -0.3 is 19.5 Å². The third-order valence-corrected chi connectivity index (χ3v) is 6.62. The van der Waals surface area contributed by atoms with E-state index in [1.54, 1.807) is 12.1 Å². The van der Waals surface area contributed by atoms with Crippen molar-refractivity contribution in [2.45, 2.75) is 20.0 Å². The number of likely N-dealkylation sites (N-methyl/N-ethyl adjacent to an activating group) is 1. The summed E-state index contributed by atoms with van der Waals surface area (Å²) in [5.41, 5.74) is 2.98. The second-order valence-electron chi connectivity index (χ2n) is 8.64. The van der Waals surface area contributed by atoms with Gasteiger partial charge in [0.25, 0.3) is 0 Å². The molecule has 0 aliphatic carbocycles. The molecule has 35 heavy (non-hydrogen) atoms. The average molecular weight is 476 g/mol. The molecule has 1 aliphatic rings. The second kappa shape index (κ2) is 9.55. The smallest absolute Gasteiger partial charge is 0.162 e. The first-order valence-electron chi connectivity index (χ1n) is 11.8. The number of phenols is 1. The average Bonchev–Trinajstić information content (AvgIpc) is 2.87. The molecule has 1 N–H and O–H groups in total. The number of rotatable bonds is 7. The van der Waals surface area contributed by atoms with Crippen LogP contribution in [0.2, 0.25) is 0 Å². The molecule has 0 bridgehead atoms. The van der Waals surface area contributed by atoms with Crippen LogP contribution in [-0.4, -0.2) is 36.2 Å². The SMILES string of the molecule is CCN(CC)CCOc1ccc(C2Oc3cc(F)c(F)cc3-c3ccc4cc(O)ccc4c32)cc1. The first-order chi connectivity index (χ1) is 17.0. The molecule has 1 aliphatic heterocycles. The zero-order valence-corrected chi connectivity index (χ0v) is 19.7.